The molecule has 1 aromatic rings. The number of carboxylic acid groups (broad SMARTS) is 1. The molecule has 0 aliphatic carbocycles. The fraction of sp³-hybridized carbons (Fsp3) is 0.273. The summed E-state index contributed by atoms with van der Waals surface area (Å²) in [5.74, 6) is -1.26. The summed E-state index contributed by atoms with van der Waals surface area (Å²) in [7, 11) is 0. The number of alkyl halides is 1. The van der Waals surface area contributed by atoms with E-state index in [-0.39, 0.29) is 18.0 Å². The molecule has 5 heteroatoms. The second-order valence-corrected chi connectivity index (χ2v) is 4.31. The van der Waals surface area contributed by atoms with E-state index in [1.54, 1.807) is 12.1 Å². The Kier molecular flexibility index (Phi) is 4.06. The van der Waals surface area contributed by atoms with Gasteiger partial charge in [0.05, 0.1) is 6.42 Å². The number of halogens is 1. The largest absolute Gasteiger partial charge is 0.508 e. The Morgan fingerprint density at radius 2 is 2.06 bits per heavy atom. The Hall–Kier alpha value is -1.36. The summed E-state index contributed by atoms with van der Waals surface area (Å²) in [6.07, 6.45) is -0.223. The number of carbonyl (C=O) groups excluding carboxylic acids is 1. The first kappa shape index (κ1) is 12.7. The number of Topliss-reactive ketones (excluding diaryl/α,β-unsaturated/α-hetero) is 1. The van der Waals surface area contributed by atoms with Crippen molar-refractivity contribution in [2.45, 2.75) is 18.2 Å². The number of phenols is 1. The van der Waals surface area contributed by atoms with E-state index in [1.165, 1.54) is 13.0 Å². The number of phenolic OH excluding ortho intramolecular Hbond substituents is 1. The van der Waals surface area contributed by atoms with Gasteiger partial charge < -0.3 is 10.2 Å². The van der Waals surface area contributed by atoms with E-state index in [0.717, 1.165) is 0 Å². The Labute approximate surface area is 101 Å². The van der Waals surface area contributed by atoms with Gasteiger partial charge >= 0.3 is 5.97 Å². The van der Waals surface area contributed by atoms with Crippen molar-refractivity contribution in [1.82, 2.24) is 0 Å². The first-order chi connectivity index (χ1) is 7.43. The number of hydrogen-bond acceptors (Lipinski definition) is 3. The van der Waals surface area contributed by atoms with Gasteiger partial charge in [-0.25, -0.2) is 0 Å². The fourth-order valence-corrected chi connectivity index (χ4v) is 1.94. The van der Waals surface area contributed by atoms with Crippen LogP contribution in [0.15, 0.2) is 18.2 Å². The lowest BCUT2D eigenvalue weighted by atomic mass is 9.99. The van der Waals surface area contributed by atoms with Gasteiger partial charge in [0.1, 0.15) is 16.4 Å². The zero-order valence-electron chi connectivity index (χ0n) is 8.61. The van der Waals surface area contributed by atoms with Crippen LogP contribution in [0.25, 0.3) is 0 Å². The van der Waals surface area contributed by atoms with E-state index in [1.807, 2.05) is 0 Å². The average Bonchev–Trinajstić information content (AvgIpc) is 2.16. The molecule has 1 aromatic carbocycles. The van der Waals surface area contributed by atoms with Crippen molar-refractivity contribution in [3.05, 3.63) is 29.3 Å². The predicted molar refractivity (Wildman–Crippen MR) is 61.8 cm³/mol. The number of aliphatic carboxylic acids is 1. The van der Waals surface area contributed by atoms with Crippen LogP contribution in [0.2, 0.25) is 0 Å². The molecule has 0 amide bonds. The molecule has 0 aromatic heterocycles. The molecule has 0 saturated carbocycles. The van der Waals surface area contributed by atoms with Gasteiger partial charge in [-0.2, -0.15) is 0 Å². The normalized spacial score (nSPS) is 12.1. The van der Waals surface area contributed by atoms with E-state index in [2.05, 4.69) is 15.9 Å². The first-order valence-corrected chi connectivity index (χ1v) is 5.52. The SMILES string of the molecule is CC(=O)C(Br)c1c(O)cccc1CC(=O)O. The van der Waals surface area contributed by atoms with E-state index in [4.69, 9.17) is 5.11 Å². The monoisotopic (exact) mass is 286 g/mol. The van der Waals surface area contributed by atoms with Crippen LogP contribution in [0.1, 0.15) is 22.9 Å². The minimum absolute atomic E-state index is 0.0733. The molecule has 0 heterocycles. The smallest absolute Gasteiger partial charge is 0.307 e. The predicted octanol–water partition coefficient (Wildman–Crippen LogP) is 2.04. The van der Waals surface area contributed by atoms with Gasteiger partial charge in [0, 0.05) is 5.56 Å². The second-order valence-electron chi connectivity index (χ2n) is 3.39. The Morgan fingerprint density at radius 3 is 2.56 bits per heavy atom. The van der Waals surface area contributed by atoms with E-state index >= 15 is 0 Å². The number of aromatic hydroxyl groups is 1. The third-order valence-electron chi connectivity index (χ3n) is 2.13. The molecule has 1 rings (SSSR count). The van der Waals surface area contributed by atoms with Crippen molar-refractivity contribution >= 4 is 27.7 Å². The van der Waals surface area contributed by atoms with Crippen molar-refractivity contribution in [2.24, 2.45) is 0 Å². The highest BCUT2D eigenvalue weighted by atomic mass is 79.9. The number of carboxylic acids is 1. The van der Waals surface area contributed by atoms with Gasteiger partial charge in [-0.3, -0.25) is 9.59 Å². The minimum Gasteiger partial charge on any atom is -0.508 e. The van der Waals surface area contributed by atoms with E-state index in [9.17, 15) is 14.7 Å². The van der Waals surface area contributed by atoms with Gasteiger partial charge in [0.2, 0.25) is 0 Å². The van der Waals surface area contributed by atoms with Gasteiger partial charge in [-0.05, 0) is 18.6 Å². The van der Waals surface area contributed by atoms with Crippen LogP contribution >= 0.6 is 15.9 Å². The summed E-state index contributed by atoms with van der Waals surface area (Å²) in [6, 6.07) is 4.56. The van der Waals surface area contributed by atoms with E-state index in [0.29, 0.717) is 11.1 Å². The number of hydrogen-bond donors (Lipinski definition) is 2. The molecule has 1 atom stereocenters. The van der Waals surface area contributed by atoms with Crippen molar-refractivity contribution in [2.75, 3.05) is 0 Å². The topological polar surface area (TPSA) is 74.6 Å². The maximum absolute atomic E-state index is 11.2. The molecule has 0 saturated heterocycles. The van der Waals surface area contributed by atoms with Crippen LogP contribution in [0, 0.1) is 0 Å². The Bertz CT molecular complexity index is 428. The maximum atomic E-state index is 11.2. The molecule has 86 valence electrons. The number of carbonyl (C=O) groups is 2. The van der Waals surface area contributed by atoms with Crippen LogP contribution in [-0.4, -0.2) is 22.0 Å². The second kappa shape index (κ2) is 5.12. The molecular formula is C11H11BrO4. The van der Waals surface area contributed by atoms with Gasteiger partial charge in [-0.15, -0.1) is 0 Å². The molecule has 4 nitrogen and oxygen atoms in total. The van der Waals surface area contributed by atoms with Gasteiger partial charge in [0.25, 0.3) is 0 Å². The molecule has 1 unspecified atom stereocenters. The first-order valence-electron chi connectivity index (χ1n) is 4.60. The number of ketones is 1. The molecular weight excluding hydrogens is 276 g/mol. The quantitative estimate of drug-likeness (QED) is 0.831. The van der Waals surface area contributed by atoms with Crippen LogP contribution in [0.4, 0.5) is 0 Å². The molecule has 0 radical (unpaired) electrons. The van der Waals surface area contributed by atoms with Crippen molar-refractivity contribution in [3.63, 3.8) is 0 Å². The third kappa shape index (κ3) is 2.82. The molecule has 0 aliphatic rings. The number of benzene rings is 1. The summed E-state index contributed by atoms with van der Waals surface area (Å²) >= 11 is 3.14. The molecule has 16 heavy (non-hydrogen) atoms. The Balaban J connectivity index is 3.22. The van der Waals surface area contributed by atoms with Crippen LogP contribution < -0.4 is 0 Å². The lowest BCUT2D eigenvalue weighted by Crippen LogP contribution is -2.09. The van der Waals surface area contributed by atoms with Crippen LogP contribution in [-0.2, 0) is 16.0 Å². The van der Waals surface area contributed by atoms with Crippen molar-refractivity contribution in [3.8, 4) is 5.75 Å². The molecule has 2 N–H and O–H groups in total. The summed E-state index contributed by atoms with van der Waals surface area (Å²) in [5, 5.41) is 18.4. The summed E-state index contributed by atoms with van der Waals surface area (Å²) in [5.41, 5.74) is 0.766. The van der Waals surface area contributed by atoms with Crippen molar-refractivity contribution < 1.29 is 19.8 Å². The summed E-state index contributed by atoms with van der Waals surface area (Å²) < 4.78 is 0. The van der Waals surface area contributed by atoms with Crippen LogP contribution in [0.3, 0.4) is 0 Å². The highest BCUT2D eigenvalue weighted by Crippen LogP contribution is 2.34. The summed E-state index contributed by atoms with van der Waals surface area (Å²) in [6.45, 7) is 1.37. The molecule has 0 bridgehead atoms. The summed E-state index contributed by atoms with van der Waals surface area (Å²) in [4.78, 5) is 21.2. The van der Waals surface area contributed by atoms with Gasteiger partial charge in [0.15, 0.2) is 0 Å². The fourth-order valence-electron chi connectivity index (χ4n) is 1.41. The van der Waals surface area contributed by atoms with E-state index < -0.39 is 10.8 Å². The highest BCUT2D eigenvalue weighted by Gasteiger charge is 2.21. The minimum atomic E-state index is -1.00. The maximum Gasteiger partial charge on any atom is 0.307 e. The third-order valence-corrected chi connectivity index (χ3v) is 3.23. The standard InChI is InChI=1S/C11H11BrO4/c1-6(13)11(12)10-7(5-9(15)16)3-2-4-8(10)14/h2-4,11,14H,5H2,1H3,(H,15,16). The van der Waals surface area contributed by atoms with Crippen LogP contribution in [0.5, 0.6) is 5.75 Å². The highest BCUT2D eigenvalue weighted by molar-refractivity contribution is 9.09. The lowest BCUT2D eigenvalue weighted by Gasteiger charge is -2.13. The Morgan fingerprint density at radius 1 is 1.44 bits per heavy atom. The average molecular weight is 287 g/mol. The number of rotatable bonds is 4. The molecule has 0 fully saturated rings. The van der Waals surface area contributed by atoms with Crippen molar-refractivity contribution in [1.29, 1.82) is 0 Å². The molecule has 0 aliphatic heterocycles. The lowest BCUT2D eigenvalue weighted by molar-refractivity contribution is -0.136. The van der Waals surface area contributed by atoms with Gasteiger partial charge in [-0.1, -0.05) is 28.1 Å². The zero-order chi connectivity index (χ0) is 12.3. The zero-order valence-corrected chi connectivity index (χ0v) is 10.2. The molecule has 0 spiro atoms.